The van der Waals surface area contributed by atoms with Crippen LogP contribution >= 0.6 is 11.6 Å². The molecule has 8 aromatic rings. The van der Waals surface area contributed by atoms with Gasteiger partial charge in [-0.3, -0.25) is 28.8 Å². The average molecular weight is 1570 g/mol. The lowest BCUT2D eigenvalue weighted by molar-refractivity contribution is -0.256. The van der Waals surface area contributed by atoms with Crippen LogP contribution in [0.5, 0.6) is 5.75 Å². The molecule has 110 heavy (non-hydrogen) atoms. The molecule has 1 amide bonds. The van der Waals surface area contributed by atoms with Crippen molar-refractivity contribution in [1.82, 2.24) is 57.9 Å². The molecule has 27 nitrogen and oxygen atoms in total. The van der Waals surface area contributed by atoms with E-state index in [-0.39, 0.29) is 62.8 Å². The second kappa shape index (κ2) is 35.6. The number of anilines is 1. The van der Waals surface area contributed by atoms with Gasteiger partial charge in [0, 0.05) is 97.2 Å². The van der Waals surface area contributed by atoms with E-state index in [2.05, 4.69) is 59.1 Å². The number of aryl methyl sites for hydroxylation is 4. The highest BCUT2D eigenvalue weighted by Gasteiger charge is 2.62. The number of hydrogen-bond donors (Lipinski definition) is 4. The predicted molar refractivity (Wildman–Crippen MR) is 396 cm³/mol. The molecule has 3 saturated heterocycles. The zero-order valence-electron chi connectivity index (χ0n) is 62.3. The molecule has 5 aliphatic heterocycles. The number of aromatic amines is 1. The molecule has 14 rings (SSSR count). The number of benzene rings is 3. The number of H-pyrrole nitrogens is 1. The number of carbonyl (C=O) groups excluding carboxylic acids is 2. The van der Waals surface area contributed by atoms with Crippen LogP contribution in [0.2, 0.25) is 5.02 Å². The zero-order chi connectivity index (χ0) is 78.9. The number of sulfonamides is 1. The zero-order valence-corrected chi connectivity index (χ0v) is 63.9. The Morgan fingerprint density at radius 2 is 1.61 bits per heavy atom. The number of esters is 1. The van der Waals surface area contributed by atoms with Crippen LogP contribution in [0, 0.1) is 43.2 Å². The number of imidazole rings is 1. The van der Waals surface area contributed by atoms with Crippen LogP contribution in [-0.2, 0) is 66.9 Å². The highest BCUT2D eigenvalue weighted by molar-refractivity contribution is 7.89. The van der Waals surface area contributed by atoms with Crippen molar-refractivity contribution >= 4 is 56.0 Å². The number of aromatic nitrogens is 9. The van der Waals surface area contributed by atoms with Crippen molar-refractivity contribution in [2.45, 2.75) is 192 Å². The number of hydrogen-bond acceptors (Lipinski definition) is 21. The van der Waals surface area contributed by atoms with Gasteiger partial charge in [0.1, 0.15) is 35.4 Å². The van der Waals surface area contributed by atoms with Gasteiger partial charge in [-0.25, -0.2) is 41.3 Å². The fraction of sp³-hybridized carbons (Fsp3) is 0.526. The summed E-state index contributed by atoms with van der Waals surface area (Å²) in [5.74, 6) is 4.52. The molecule has 0 spiro atoms. The number of aliphatic hydroxyl groups excluding tert-OH is 2. The first-order chi connectivity index (χ1) is 52.6. The van der Waals surface area contributed by atoms with Crippen LogP contribution in [0.3, 0.4) is 0 Å². The maximum Gasteiger partial charge on any atom is 0.445 e. The summed E-state index contributed by atoms with van der Waals surface area (Å²) >= 11 is 5.81. The third kappa shape index (κ3) is 18.6. The molecule has 3 aromatic carbocycles. The minimum Gasteiger partial charge on any atom is -0.493 e. The molecule has 4 N–H and O–H groups in total. The van der Waals surface area contributed by atoms with Gasteiger partial charge in [-0.2, -0.15) is 22.5 Å². The smallest absolute Gasteiger partial charge is 0.445 e. The predicted octanol–water partition coefficient (Wildman–Crippen LogP) is 10.0. The van der Waals surface area contributed by atoms with E-state index < -0.39 is 75.7 Å². The van der Waals surface area contributed by atoms with Crippen LogP contribution in [-0.4, -0.2) is 179 Å². The maximum atomic E-state index is 14.1. The van der Waals surface area contributed by atoms with Gasteiger partial charge in [0.25, 0.3) is 16.7 Å². The lowest BCUT2D eigenvalue weighted by atomic mass is 9.85. The fourth-order valence-electron chi connectivity index (χ4n) is 13.9. The van der Waals surface area contributed by atoms with Gasteiger partial charge in [-0.05, 0) is 159 Å². The molecule has 592 valence electrons. The van der Waals surface area contributed by atoms with E-state index in [0.717, 1.165) is 142 Å². The largest absolute Gasteiger partial charge is 0.493 e. The molecule has 5 aromatic heterocycles. The number of rotatable bonds is 18. The lowest BCUT2D eigenvalue weighted by Gasteiger charge is -2.35. The first-order valence-electron chi connectivity index (χ1n) is 37.2. The van der Waals surface area contributed by atoms with Crippen molar-refractivity contribution in [1.29, 1.82) is 0 Å². The Kier molecular flexibility index (Phi) is 26.5. The molecule has 0 radical (unpaired) electrons. The third-order valence-electron chi connectivity index (χ3n) is 20.2. The Labute approximate surface area is 636 Å². The molecule has 5 unspecified atom stereocenters. The van der Waals surface area contributed by atoms with E-state index in [4.69, 9.17) is 40.1 Å². The second-order valence-electron chi connectivity index (χ2n) is 27.9. The highest BCUT2D eigenvalue weighted by Crippen LogP contribution is 2.47. The van der Waals surface area contributed by atoms with Crippen molar-refractivity contribution in [2.24, 2.45) is 5.92 Å². The van der Waals surface area contributed by atoms with E-state index in [9.17, 15) is 64.6 Å². The van der Waals surface area contributed by atoms with E-state index in [1.807, 2.05) is 32.3 Å². The van der Waals surface area contributed by atoms with Gasteiger partial charge >= 0.3 is 23.9 Å². The van der Waals surface area contributed by atoms with E-state index in [1.54, 1.807) is 35.7 Å². The Bertz CT molecular complexity index is 5020. The van der Waals surface area contributed by atoms with E-state index in [0.29, 0.717) is 85.5 Å². The van der Waals surface area contributed by atoms with Crippen LogP contribution in [0.15, 0.2) is 84.6 Å². The number of likely N-dealkylation sites (N-methyl/N-ethyl adjacent to an activating group) is 1. The number of alkyl halides is 3. The molecule has 4 fully saturated rings. The lowest BCUT2D eigenvalue weighted by Crippen LogP contribution is -2.48. The fourth-order valence-corrected chi connectivity index (χ4v) is 15.6. The van der Waals surface area contributed by atoms with Gasteiger partial charge in [0.05, 0.1) is 53.8 Å². The Morgan fingerprint density at radius 3 is 2.29 bits per heavy atom. The summed E-state index contributed by atoms with van der Waals surface area (Å²) in [6.45, 7) is 20.5. The van der Waals surface area contributed by atoms with Crippen LogP contribution in [0.25, 0.3) is 27.9 Å². The van der Waals surface area contributed by atoms with Gasteiger partial charge in [0.2, 0.25) is 10.0 Å². The van der Waals surface area contributed by atoms with Crippen molar-refractivity contribution in [2.75, 3.05) is 70.9 Å². The molecule has 0 bridgehead atoms. The Morgan fingerprint density at radius 1 is 0.855 bits per heavy atom. The van der Waals surface area contributed by atoms with E-state index in [1.165, 1.54) is 41.6 Å². The number of likely N-dealkylation sites (tertiary alicyclic amines) is 1. The molecule has 10 heterocycles. The molecule has 5 atom stereocenters. The molecule has 1 aliphatic carbocycles. The van der Waals surface area contributed by atoms with Crippen molar-refractivity contribution in [3.8, 4) is 29.0 Å². The number of unbranched alkanes of at least 4 members (excludes halogenated alkanes) is 2. The number of cyclic esters (lactones) is 1. The number of fused-ring (bicyclic) bond motifs is 4. The Hall–Kier alpha value is -9.01. The maximum absolute atomic E-state index is 14.1. The molecule has 6 aliphatic rings. The van der Waals surface area contributed by atoms with Gasteiger partial charge in [-0.1, -0.05) is 62.4 Å². The first kappa shape index (κ1) is 82.0. The second-order valence-corrected chi connectivity index (χ2v) is 30.3. The molecule has 34 heteroatoms. The summed E-state index contributed by atoms with van der Waals surface area (Å²) in [7, 11) is -3.71. The minimum atomic E-state index is -4.83. The number of halogens is 6. The number of piperidine rings is 1. The Balaban J connectivity index is 0.000000148. The van der Waals surface area contributed by atoms with Crippen molar-refractivity contribution in [3.63, 3.8) is 0 Å². The standard InChI is InChI=1S/C23H27FN4O2.C23H32N6O4S.C15H10ClF3O2.C15H22FN3O6/c1-15-18(23(29)28-10-3-2-4-21(28)25-15)9-13-27-11-7-16(8-12-27)22-19-6-5-17(24)14-20(19)30-26-22;1-5-8-20-24-16(4)21-23(30)25-22(26-29(20)21)18-15-17(9-10-19(18)33-7-3)34(31,32)28-13-11-27(6-2)12-14-28;16-11-4-3-10-7-13(20)21-14(12(10)8-11,15(17,18)19)6-5-9-1-2-9;1-3-4-5-6-24-15(23)18-12-9(16)7-19(14(22)17-12)13-11(21)10(20)8(2)25-13/h5-6,14,16H,2-4,7-13H2,1H3;9-10,15H,5-8,11-14H2,1-4H3,(H,25,26,30);3-4,8-9H,1-2,7H2;7-8,10-11,13,20-21H,3-6H2,1-2H3,(H,17,18,22,23). The number of amides is 1. The van der Waals surface area contributed by atoms with Gasteiger partial charge < -0.3 is 48.5 Å². The third-order valence-corrected chi connectivity index (χ3v) is 22.3. The topological polar surface area (TPSA) is 326 Å². The first-order valence-corrected chi connectivity index (χ1v) is 39.1. The van der Waals surface area contributed by atoms with Gasteiger partial charge in [-0.15, -0.1) is 5.10 Å². The van der Waals surface area contributed by atoms with E-state index >= 15 is 0 Å². The number of nitrogens with one attached hydrogen (secondary N) is 2. The van der Waals surface area contributed by atoms with Crippen LogP contribution in [0.4, 0.5) is 32.6 Å². The average Bonchev–Trinajstić information content (AvgIpc) is 0.752. The van der Waals surface area contributed by atoms with Gasteiger partial charge in [0.15, 0.2) is 34.8 Å². The van der Waals surface area contributed by atoms with Crippen LogP contribution < -0.4 is 26.9 Å². The summed E-state index contributed by atoms with van der Waals surface area (Å²) in [5.41, 5.74) is 0.670. The van der Waals surface area contributed by atoms with Crippen LogP contribution in [0.1, 0.15) is 156 Å². The molecule has 1 saturated carbocycles. The summed E-state index contributed by atoms with van der Waals surface area (Å²) in [4.78, 5) is 81.3. The summed E-state index contributed by atoms with van der Waals surface area (Å²) < 4.78 is 127. The molecular weight excluding hydrogens is 1480 g/mol. The summed E-state index contributed by atoms with van der Waals surface area (Å²) in [5, 5.41) is 31.6. The molecular formula is C76H91ClF5N13O14S. The number of piperazine rings is 1. The normalized spacial score (nSPS) is 20.4. The quantitative estimate of drug-likeness (QED) is 0.0268. The number of aliphatic hydroxyl groups is 2. The summed E-state index contributed by atoms with van der Waals surface area (Å²) in [6.07, 6.45) is 1.59. The number of ether oxygens (including phenoxy) is 4. The number of carbonyl (C=O) groups is 2. The SMILES string of the molecule is CCCCCOC(=O)Nc1nc(=O)n(C2OC(C)C(O)C2O)cc1F.CCCc1nc(C)c2c(=O)[nH]c(-c3cc(S(=O)(=O)N4CCN(CC)CC4)ccc3OCC)nn12.Cc1nc2n(c(=O)c1CCN1CCC(c3noc4cc(F)ccc34)CC1)CCCC2.O=C1Cc2ccc(Cl)cc2C(C#CC2CC2)(C(F)(F)F)O1. The summed E-state index contributed by atoms with van der Waals surface area (Å²) in [6, 6.07) is 13.4. The van der Waals surface area contributed by atoms with Crippen molar-refractivity contribution in [3.05, 3.63) is 154 Å². The van der Waals surface area contributed by atoms with Crippen molar-refractivity contribution < 1.29 is 73.6 Å². The number of nitrogens with zero attached hydrogens (tertiary/aromatic N) is 11. The monoisotopic (exact) mass is 1570 g/mol. The highest BCUT2D eigenvalue weighted by atomic mass is 35.5. The minimum absolute atomic E-state index is 0.0486.